The average molecular weight is 588 g/mol. The Balaban J connectivity index is 1.26. The van der Waals surface area contributed by atoms with Crippen molar-refractivity contribution in [2.75, 3.05) is 17.6 Å². The minimum atomic E-state index is -0.197. The summed E-state index contributed by atoms with van der Waals surface area (Å²) in [6.07, 6.45) is 6.24. The molecule has 2 fully saturated rings. The molecule has 2 bridgehead atoms. The molecule has 6 nitrogen and oxygen atoms in total. The molecule has 1 amide bonds. The molecule has 0 spiro atoms. The number of nitrogens with one attached hydrogen (secondary N) is 1. The molecule has 7 rings (SSSR count). The van der Waals surface area contributed by atoms with Crippen molar-refractivity contribution in [1.29, 1.82) is 0 Å². The third-order valence-corrected chi connectivity index (χ3v) is 10.3. The summed E-state index contributed by atoms with van der Waals surface area (Å²) in [6, 6.07) is 30.6. The van der Waals surface area contributed by atoms with Gasteiger partial charge in [-0.1, -0.05) is 85.6 Å². The summed E-state index contributed by atoms with van der Waals surface area (Å²) < 4.78 is 12.5. The van der Waals surface area contributed by atoms with Gasteiger partial charge in [-0.05, 0) is 84.5 Å². The Kier molecular flexibility index (Phi) is 7.67. The number of fused-ring (bicyclic) bond motifs is 1. The van der Waals surface area contributed by atoms with Gasteiger partial charge in [0.1, 0.15) is 19.0 Å². The zero-order chi connectivity index (χ0) is 30.1. The lowest BCUT2D eigenvalue weighted by Crippen LogP contribution is -2.62. The van der Waals surface area contributed by atoms with Crippen LogP contribution in [0.5, 0.6) is 5.75 Å². The van der Waals surface area contributed by atoms with Crippen LogP contribution >= 0.6 is 0 Å². The van der Waals surface area contributed by atoms with E-state index in [9.17, 15) is 4.79 Å². The maximum absolute atomic E-state index is 13.6. The summed E-state index contributed by atoms with van der Waals surface area (Å²) in [4.78, 5) is 15.7. The van der Waals surface area contributed by atoms with Gasteiger partial charge in [0.15, 0.2) is 0 Å². The normalized spacial score (nSPS) is 22.0. The number of carbonyl (C=O) groups excluding carboxylic acids is 1. The number of anilines is 3. The molecular formula is C38H41N3O3. The molecule has 44 heavy (non-hydrogen) atoms. The Morgan fingerprint density at radius 3 is 2.39 bits per heavy atom. The zero-order valence-electron chi connectivity index (χ0n) is 25.4. The number of piperidine rings is 1. The van der Waals surface area contributed by atoms with Crippen molar-refractivity contribution in [3.63, 3.8) is 0 Å². The number of hydrogen-bond donors (Lipinski definition) is 2. The van der Waals surface area contributed by atoms with Crippen LogP contribution in [-0.4, -0.2) is 23.6 Å². The van der Waals surface area contributed by atoms with Crippen molar-refractivity contribution >= 4 is 23.2 Å². The van der Waals surface area contributed by atoms with Gasteiger partial charge in [0.2, 0.25) is 0 Å². The number of nitrogen functional groups attached to an aromatic ring is 1. The number of para-hydroxylation sites is 2. The summed E-state index contributed by atoms with van der Waals surface area (Å²) in [5, 5.41) is 3.65. The number of rotatable bonds is 7. The molecule has 3 aliphatic rings. The first-order valence-corrected chi connectivity index (χ1v) is 16.0. The van der Waals surface area contributed by atoms with Crippen molar-refractivity contribution in [2.24, 2.45) is 5.92 Å². The highest BCUT2D eigenvalue weighted by Crippen LogP contribution is 2.58. The molecule has 0 unspecified atom stereocenters. The Hall–Kier alpha value is -4.45. The smallest absolute Gasteiger partial charge is 0.410 e. The van der Waals surface area contributed by atoms with E-state index in [1.165, 1.54) is 29.5 Å². The largest absolute Gasteiger partial charge is 0.487 e. The molecule has 6 heteroatoms. The maximum atomic E-state index is 13.6. The fourth-order valence-corrected chi connectivity index (χ4v) is 8.09. The minimum absolute atomic E-state index is 0.0344. The van der Waals surface area contributed by atoms with Gasteiger partial charge in [0, 0.05) is 18.0 Å². The van der Waals surface area contributed by atoms with Gasteiger partial charge in [-0.2, -0.15) is 0 Å². The number of nitrogens with zero attached hydrogens (tertiary/aromatic N) is 1. The molecule has 0 radical (unpaired) electrons. The van der Waals surface area contributed by atoms with E-state index in [0.29, 0.717) is 31.4 Å². The molecule has 1 heterocycles. The summed E-state index contributed by atoms with van der Waals surface area (Å²) in [7, 11) is 0. The van der Waals surface area contributed by atoms with Crippen LogP contribution in [0.3, 0.4) is 0 Å². The van der Waals surface area contributed by atoms with Crippen LogP contribution in [0, 0.1) is 12.8 Å². The first kappa shape index (κ1) is 28.3. The fraction of sp³-hybridized carbons (Fsp3) is 0.342. The number of benzene rings is 4. The fourth-order valence-electron chi connectivity index (χ4n) is 8.09. The van der Waals surface area contributed by atoms with Crippen LogP contribution in [0.2, 0.25) is 0 Å². The number of ether oxygens (including phenoxy) is 2. The number of likely N-dealkylation sites (tertiary alicyclic amines) is 1. The molecule has 226 valence electrons. The summed E-state index contributed by atoms with van der Waals surface area (Å²) in [5.74, 6) is 1.27. The molecule has 2 aliphatic carbocycles. The monoisotopic (exact) mass is 587 g/mol. The van der Waals surface area contributed by atoms with E-state index < -0.39 is 0 Å². The van der Waals surface area contributed by atoms with E-state index in [1.54, 1.807) is 0 Å². The highest BCUT2D eigenvalue weighted by Gasteiger charge is 2.55. The van der Waals surface area contributed by atoms with Gasteiger partial charge in [0.25, 0.3) is 0 Å². The lowest BCUT2D eigenvalue weighted by molar-refractivity contribution is -0.0138. The van der Waals surface area contributed by atoms with Crippen molar-refractivity contribution in [3.05, 3.63) is 119 Å². The molecule has 1 saturated heterocycles. The molecule has 1 aliphatic heterocycles. The van der Waals surface area contributed by atoms with Gasteiger partial charge in [-0.25, -0.2) is 4.79 Å². The van der Waals surface area contributed by atoms with Crippen LogP contribution in [-0.2, 0) is 29.8 Å². The first-order chi connectivity index (χ1) is 21.5. The molecule has 1 saturated carbocycles. The van der Waals surface area contributed by atoms with Crippen molar-refractivity contribution in [3.8, 4) is 5.75 Å². The second-order valence-electron chi connectivity index (χ2n) is 12.7. The SMILES string of the molecule is Cc1c2c(cc(OCc3ccccc3)c1Nc1ccccc1N)[C@]13CCCC[C@@H]1[C@H](C2)N(C(=O)OCc1ccccc1)CC3. The first-order valence-electron chi connectivity index (χ1n) is 16.0. The van der Waals surface area contributed by atoms with Gasteiger partial charge in [-0.3, -0.25) is 0 Å². The topological polar surface area (TPSA) is 76.8 Å². The molecule has 0 aromatic heterocycles. The Bertz CT molecular complexity index is 1640. The molecule has 4 aromatic carbocycles. The number of carbonyl (C=O) groups is 1. The van der Waals surface area contributed by atoms with Crippen molar-refractivity contribution < 1.29 is 14.3 Å². The highest BCUT2D eigenvalue weighted by atomic mass is 16.6. The highest BCUT2D eigenvalue weighted by molar-refractivity contribution is 5.79. The standard InChI is InChI=1S/C38H41N3O3/c1-26-29-22-34-30-16-10-11-19-38(30,20-21-41(34)37(42)44-25-28-14-6-3-7-15-28)31(29)23-35(43-24-27-12-4-2-5-13-27)36(26)40-33-18-9-8-17-32(33)39/h2-9,12-15,17-18,23,30,34,40H,10-11,16,19-22,24-25,39H2,1H3/t30-,34+,38+/m1/s1. The maximum Gasteiger partial charge on any atom is 0.410 e. The van der Waals surface area contributed by atoms with E-state index >= 15 is 0 Å². The molecule has 3 N–H and O–H groups in total. The number of hydrogen-bond acceptors (Lipinski definition) is 5. The predicted molar refractivity (Wildman–Crippen MR) is 175 cm³/mol. The second kappa shape index (κ2) is 11.9. The van der Waals surface area contributed by atoms with E-state index in [0.717, 1.165) is 53.9 Å². The van der Waals surface area contributed by atoms with E-state index in [2.05, 4.69) is 30.4 Å². The number of nitrogens with two attached hydrogens (primary N) is 1. The van der Waals surface area contributed by atoms with Crippen LogP contribution in [0.15, 0.2) is 91.0 Å². The lowest BCUT2D eigenvalue weighted by Gasteiger charge is -2.59. The Labute approximate surface area is 260 Å². The zero-order valence-corrected chi connectivity index (χ0v) is 25.4. The third kappa shape index (κ3) is 5.17. The predicted octanol–water partition coefficient (Wildman–Crippen LogP) is 8.30. The Morgan fingerprint density at radius 1 is 0.932 bits per heavy atom. The summed E-state index contributed by atoms with van der Waals surface area (Å²) in [6.45, 7) is 3.69. The molecular weight excluding hydrogens is 546 g/mol. The molecule has 3 atom stereocenters. The van der Waals surface area contributed by atoms with Gasteiger partial charge in [-0.15, -0.1) is 0 Å². The Morgan fingerprint density at radius 2 is 1.64 bits per heavy atom. The quantitative estimate of drug-likeness (QED) is 0.213. The number of amides is 1. The second-order valence-corrected chi connectivity index (χ2v) is 12.7. The third-order valence-electron chi connectivity index (χ3n) is 10.3. The molecule has 4 aromatic rings. The van der Waals surface area contributed by atoms with Gasteiger partial charge < -0.3 is 25.4 Å². The average Bonchev–Trinajstić information content (AvgIpc) is 3.06. The lowest BCUT2D eigenvalue weighted by atomic mass is 9.52. The van der Waals surface area contributed by atoms with E-state index in [-0.39, 0.29) is 17.6 Å². The van der Waals surface area contributed by atoms with Crippen LogP contribution in [0.4, 0.5) is 21.9 Å². The van der Waals surface area contributed by atoms with Crippen LogP contribution in [0.1, 0.15) is 59.9 Å². The van der Waals surface area contributed by atoms with Gasteiger partial charge >= 0.3 is 6.09 Å². The van der Waals surface area contributed by atoms with Crippen LogP contribution < -0.4 is 15.8 Å². The van der Waals surface area contributed by atoms with Gasteiger partial charge in [0.05, 0.1) is 17.1 Å². The summed E-state index contributed by atoms with van der Waals surface area (Å²) in [5.41, 5.74) is 15.0. The van der Waals surface area contributed by atoms with Crippen molar-refractivity contribution in [1.82, 2.24) is 4.90 Å². The van der Waals surface area contributed by atoms with E-state index in [1.807, 2.05) is 77.7 Å². The summed E-state index contributed by atoms with van der Waals surface area (Å²) >= 11 is 0. The van der Waals surface area contributed by atoms with E-state index in [4.69, 9.17) is 15.2 Å². The minimum Gasteiger partial charge on any atom is -0.487 e. The van der Waals surface area contributed by atoms with Crippen molar-refractivity contribution in [2.45, 2.75) is 70.1 Å². The van der Waals surface area contributed by atoms with Crippen LogP contribution in [0.25, 0.3) is 0 Å².